The van der Waals surface area contributed by atoms with Gasteiger partial charge >= 0.3 is 0 Å². The van der Waals surface area contributed by atoms with Crippen LogP contribution in [-0.4, -0.2) is 14.8 Å². The van der Waals surface area contributed by atoms with E-state index in [1.165, 1.54) is 23.7 Å². The van der Waals surface area contributed by atoms with Gasteiger partial charge in [0.15, 0.2) is 0 Å². The van der Waals surface area contributed by atoms with Crippen LogP contribution in [0.25, 0.3) is 0 Å². The highest BCUT2D eigenvalue weighted by molar-refractivity contribution is 7.09. The van der Waals surface area contributed by atoms with E-state index in [9.17, 15) is 4.39 Å². The molecule has 0 unspecified atom stereocenters. The van der Waals surface area contributed by atoms with Gasteiger partial charge < -0.3 is 5.32 Å². The molecule has 1 heterocycles. The second kappa shape index (κ2) is 4.10. The molecule has 0 aliphatic heterocycles. The summed E-state index contributed by atoms with van der Waals surface area (Å²) in [5, 5.41) is 10.8. The molecule has 2 aromatic rings. The van der Waals surface area contributed by atoms with Crippen molar-refractivity contribution in [3.8, 4) is 0 Å². The Morgan fingerprint density at radius 1 is 1.43 bits per heavy atom. The lowest BCUT2D eigenvalue weighted by Gasteiger charge is -2.01. The quantitative estimate of drug-likeness (QED) is 0.837. The molecule has 1 N–H and O–H groups in total. The minimum Gasteiger partial charge on any atom is -0.355 e. The van der Waals surface area contributed by atoms with E-state index in [1.807, 2.05) is 6.07 Å². The van der Waals surface area contributed by atoms with Crippen molar-refractivity contribution in [2.75, 3.05) is 5.32 Å². The van der Waals surface area contributed by atoms with Crippen LogP contribution in [0.5, 0.6) is 0 Å². The lowest BCUT2D eigenvalue weighted by Crippen LogP contribution is -1.99. The number of halogens is 1. The largest absolute Gasteiger partial charge is 0.355 e. The Hall–Kier alpha value is -1.56. The Morgan fingerprint density at radius 2 is 2.36 bits per heavy atom. The zero-order valence-electron chi connectivity index (χ0n) is 7.14. The summed E-state index contributed by atoms with van der Waals surface area (Å²) in [6, 6.07) is 6.40. The van der Waals surface area contributed by atoms with Gasteiger partial charge in [-0.2, -0.15) is 0 Å². The van der Waals surface area contributed by atoms with Gasteiger partial charge in [-0.15, -0.1) is 0 Å². The molecule has 0 amide bonds. The Morgan fingerprint density at radius 3 is 3.07 bits per heavy atom. The maximum Gasteiger partial charge on any atom is 0.225 e. The summed E-state index contributed by atoms with van der Waals surface area (Å²) in [5.41, 5.74) is 0.861. The molecule has 0 saturated carbocycles. The van der Waals surface area contributed by atoms with Crippen LogP contribution in [0, 0.1) is 5.82 Å². The minimum atomic E-state index is -0.236. The van der Waals surface area contributed by atoms with Crippen molar-refractivity contribution in [1.29, 1.82) is 0 Å². The number of hydrogen-bond donors (Lipinski definition) is 1. The first-order valence-corrected chi connectivity index (χ1v) is 4.75. The average molecular weight is 210 g/mol. The molecule has 14 heavy (non-hydrogen) atoms. The molecule has 1 aromatic heterocycles. The van der Waals surface area contributed by atoms with Gasteiger partial charge in [0.25, 0.3) is 0 Å². The number of nitrogens with one attached hydrogen (secondary N) is 1. The number of aromatic nitrogens is 3. The van der Waals surface area contributed by atoms with E-state index in [1.54, 1.807) is 6.07 Å². The van der Waals surface area contributed by atoms with Gasteiger partial charge in [0.2, 0.25) is 5.13 Å². The summed E-state index contributed by atoms with van der Waals surface area (Å²) in [5.74, 6) is -0.236. The molecule has 0 radical (unpaired) electrons. The standard InChI is InChI=1S/C8H7FN4S/c9-7-3-1-2-6(4-7)5-10-8-11-12-13-14-8/h1-4H,5H2,(H,10,11,13). The maximum absolute atomic E-state index is 12.8. The Kier molecular flexibility index (Phi) is 2.64. The monoisotopic (exact) mass is 210 g/mol. The van der Waals surface area contributed by atoms with Gasteiger partial charge in [0.1, 0.15) is 5.82 Å². The molecular formula is C8H7FN4S. The molecule has 2 rings (SSSR count). The van der Waals surface area contributed by atoms with Crippen molar-refractivity contribution in [3.05, 3.63) is 35.6 Å². The highest BCUT2D eigenvalue weighted by Gasteiger charge is 1.98. The van der Waals surface area contributed by atoms with Gasteiger partial charge in [0, 0.05) is 18.1 Å². The molecule has 72 valence electrons. The van der Waals surface area contributed by atoms with Crippen LogP contribution >= 0.6 is 11.5 Å². The fourth-order valence-electron chi connectivity index (χ4n) is 1.03. The van der Waals surface area contributed by atoms with Crippen LogP contribution in [0.4, 0.5) is 9.52 Å². The van der Waals surface area contributed by atoms with Gasteiger partial charge in [-0.05, 0) is 22.9 Å². The van der Waals surface area contributed by atoms with E-state index in [0.717, 1.165) is 5.56 Å². The van der Waals surface area contributed by atoms with Crippen molar-refractivity contribution in [2.24, 2.45) is 0 Å². The molecule has 0 atom stereocenters. The lowest BCUT2D eigenvalue weighted by atomic mass is 10.2. The van der Waals surface area contributed by atoms with Gasteiger partial charge in [0.05, 0.1) is 0 Å². The molecule has 0 fully saturated rings. The Labute approximate surface area is 83.9 Å². The summed E-state index contributed by atoms with van der Waals surface area (Å²) in [4.78, 5) is 0. The third-order valence-electron chi connectivity index (χ3n) is 1.63. The average Bonchev–Trinajstić information content (AvgIpc) is 2.67. The zero-order valence-corrected chi connectivity index (χ0v) is 7.96. The first kappa shape index (κ1) is 9.01. The number of benzene rings is 1. The molecule has 0 bridgehead atoms. The highest BCUT2D eigenvalue weighted by Crippen LogP contribution is 2.09. The molecule has 0 aliphatic rings. The molecule has 6 heteroatoms. The third kappa shape index (κ3) is 2.23. The van der Waals surface area contributed by atoms with Crippen molar-refractivity contribution in [1.82, 2.24) is 14.8 Å². The van der Waals surface area contributed by atoms with E-state index in [-0.39, 0.29) is 5.82 Å². The van der Waals surface area contributed by atoms with Gasteiger partial charge in [-0.1, -0.05) is 21.7 Å². The first-order valence-electron chi connectivity index (χ1n) is 3.98. The van der Waals surface area contributed by atoms with Crippen LogP contribution in [0.1, 0.15) is 5.56 Å². The van der Waals surface area contributed by atoms with Crippen LogP contribution in [-0.2, 0) is 6.54 Å². The molecule has 0 spiro atoms. The van der Waals surface area contributed by atoms with E-state index in [4.69, 9.17) is 0 Å². The molecule has 1 aromatic carbocycles. The molecule has 4 nitrogen and oxygen atoms in total. The number of rotatable bonds is 3. The lowest BCUT2D eigenvalue weighted by molar-refractivity contribution is 0.626. The first-order chi connectivity index (χ1) is 6.84. The van der Waals surface area contributed by atoms with E-state index in [2.05, 4.69) is 20.1 Å². The number of hydrogen-bond acceptors (Lipinski definition) is 5. The summed E-state index contributed by atoms with van der Waals surface area (Å²) in [6.45, 7) is 0.522. The summed E-state index contributed by atoms with van der Waals surface area (Å²) in [7, 11) is 0. The van der Waals surface area contributed by atoms with Crippen molar-refractivity contribution < 1.29 is 4.39 Å². The Balaban J connectivity index is 1.98. The summed E-state index contributed by atoms with van der Waals surface area (Å²) in [6.07, 6.45) is 0. The van der Waals surface area contributed by atoms with Crippen molar-refractivity contribution in [3.63, 3.8) is 0 Å². The summed E-state index contributed by atoms with van der Waals surface area (Å²) < 4.78 is 16.4. The van der Waals surface area contributed by atoms with Crippen LogP contribution in [0.2, 0.25) is 0 Å². The second-order valence-corrected chi connectivity index (χ2v) is 3.38. The maximum atomic E-state index is 12.8. The van der Waals surface area contributed by atoms with Gasteiger partial charge in [-0.3, -0.25) is 0 Å². The predicted octanol–water partition coefficient (Wildman–Crippen LogP) is 1.68. The SMILES string of the molecule is Fc1cccc(CNc2nnns2)c1. The van der Waals surface area contributed by atoms with E-state index in [0.29, 0.717) is 11.7 Å². The highest BCUT2D eigenvalue weighted by atomic mass is 32.1. The van der Waals surface area contributed by atoms with Gasteiger partial charge in [-0.25, -0.2) is 4.39 Å². The smallest absolute Gasteiger partial charge is 0.225 e. The minimum absolute atomic E-state index is 0.236. The van der Waals surface area contributed by atoms with Crippen molar-refractivity contribution in [2.45, 2.75) is 6.54 Å². The normalized spacial score (nSPS) is 10.1. The fourth-order valence-corrected chi connectivity index (χ4v) is 1.39. The fraction of sp³-hybridized carbons (Fsp3) is 0.125. The molecule has 0 saturated heterocycles. The van der Waals surface area contributed by atoms with Crippen LogP contribution in [0.15, 0.2) is 24.3 Å². The van der Waals surface area contributed by atoms with Crippen LogP contribution in [0.3, 0.4) is 0 Å². The van der Waals surface area contributed by atoms with Crippen molar-refractivity contribution >= 4 is 16.7 Å². The van der Waals surface area contributed by atoms with E-state index < -0.39 is 0 Å². The third-order valence-corrected chi connectivity index (χ3v) is 2.19. The summed E-state index contributed by atoms with van der Waals surface area (Å²) >= 11 is 1.17. The Bertz CT molecular complexity index is 403. The predicted molar refractivity (Wildman–Crippen MR) is 51.4 cm³/mol. The number of nitrogens with zero attached hydrogens (tertiary/aromatic N) is 3. The second-order valence-electron chi connectivity index (χ2n) is 2.65. The van der Waals surface area contributed by atoms with E-state index >= 15 is 0 Å². The van der Waals surface area contributed by atoms with Crippen LogP contribution < -0.4 is 5.32 Å². The molecule has 0 aliphatic carbocycles. The zero-order chi connectivity index (χ0) is 9.80. The number of anilines is 1. The topological polar surface area (TPSA) is 50.7 Å². The molecular weight excluding hydrogens is 203 g/mol.